The maximum Gasteiger partial charge on any atom is 0.410 e. The molecule has 4 fully saturated rings. The SMILES string of the molecule is COc1ccc(C2CCC(CN(C(=O)C3CCC(OC(=O)N4CCC(CO)CC4)CC3)c3cc(-c4coc(C5CC5)n4)ccn3)CC2)nc1C. The molecule has 1 aliphatic heterocycles. The van der Waals surface area contributed by atoms with Crippen molar-refractivity contribution in [1.29, 1.82) is 0 Å². The van der Waals surface area contributed by atoms with Crippen LogP contribution in [0.15, 0.2) is 41.1 Å². The van der Waals surface area contributed by atoms with Crippen molar-refractivity contribution in [2.45, 2.75) is 102 Å². The Morgan fingerprint density at radius 1 is 0.920 bits per heavy atom. The fraction of sp³-hybridized carbons (Fsp3) is 0.615. The molecule has 1 saturated heterocycles. The molecule has 1 N–H and O–H groups in total. The Labute approximate surface area is 294 Å². The third kappa shape index (κ3) is 7.98. The molecule has 0 unspecified atom stereocenters. The third-order valence-corrected chi connectivity index (χ3v) is 11.4. The Bertz CT molecular complexity index is 1620. The van der Waals surface area contributed by atoms with Crippen LogP contribution in [0.25, 0.3) is 11.3 Å². The molecule has 4 aliphatic rings. The number of pyridine rings is 2. The molecule has 11 nitrogen and oxygen atoms in total. The maximum atomic E-state index is 14.4. The van der Waals surface area contributed by atoms with E-state index in [1.54, 1.807) is 24.5 Å². The van der Waals surface area contributed by atoms with Crippen LogP contribution in [-0.2, 0) is 9.53 Å². The van der Waals surface area contributed by atoms with Gasteiger partial charge in [0.25, 0.3) is 0 Å². The molecular weight excluding hydrogens is 634 g/mol. The Hall–Kier alpha value is -3.99. The van der Waals surface area contributed by atoms with E-state index in [0.717, 1.165) is 85.7 Å². The number of carbonyl (C=O) groups is 2. The van der Waals surface area contributed by atoms with Crippen LogP contribution in [-0.4, -0.2) is 76.4 Å². The van der Waals surface area contributed by atoms with Crippen LogP contribution in [0.2, 0.25) is 0 Å². The number of hydrogen-bond acceptors (Lipinski definition) is 9. The molecule has 0 atom stereocenters. The average Bonchev–Trinajstić information content (AvgIpc) is 3.89. The van der Waals surface area contributed by atoms with Gasteiger partial charge >= 0.3 is 6.09 Å². The lowest BCUT2D eigenvalue weighted by Gasteiger charge is -2.36. The molecule has 3 saturated carbocycles. The van der Waals surface area contributed by atoms with Gasteiger partial charge in [0.05, 0.1) is 12.8 Å². The van der Waals surface area contributed by atoms with Gasteiger partial charge in [-0.15, -0.1) is 0 Å². The number of piperidine rings is 1. The van der Waals surface area contributed by atoms with Gasteiger partial charge < -0.3 is 23.9 Å². The van der Waals surface area contributed by atoms with E-state index in [1.807, 2.05) is 30.0 Å². The van der Waals surface area contributed by atoms with Crippen LogP contribution in [0.5, 0.6) is 5.75 Å². The summed E-state index contributed by atoms with van der Waals surface area (Å²) in [6.45, 7) is 4.01. The number of likely N-dealkylation sites (tertiary alicyclic amines) is 1. The standard InChI is InChI=1S/C39H51N5O6/c1-25-35(48-2)14-13-33(41-25)28-5-3-26(4-6-28)22-44(36-21-31(15-18-40-36)34-24-49-37(42-34)29-7-8-29)38(46)30-9-11-32(12-10-30)50-39(47)43-19-16-27(23-45)17-20-43/h13-15,18,21,24,26-30,32,45H,3-12,16-17,19-20,22-23H2,1-2H3. The minimum atomic E-state index is -0.271. The summed E-state index contributed by atoms with van der Waals surface area (Å²) in [5.74, 6) is 3.62. The molecule has 7 rings (SSSR count). The molecule has 4 heterocycles. The average molecular weight is 686 g/mol. The molecule has 0 radical (unpaired) electrons. The molecule has 3 aliphatic carbocycles. The Balaban J connectivity index is 1.02. The molecule has 0 aromatic carbocycles. The predicted octanol–water partition coefficient (Wildman–Crippen LogP) is 7.03. The second-order valence-electron chi connectivity index (χ2n) is 14.9. The smallest absolute Gasteiger partial charge is 0.410 e. The van der Waals surface area contributed by atoms with Gasteiger partial charge in [0.15, 0.2) is 5.89 Å². The van der Waals surface area contributed by atoms with E-state index in [1.165, 1.54) is 0 Å². The second-order valence-corrected chi connectivity index (χ2v) is 14.9. The number of carbonyl (C=O) groups excluding carboxylic acids is 2. The molecule has 268 valence electrons. The first-order valence-corrected chi connectivity index (χ1v) is 18.7. The number of ether oxygens (including phenoxy) is 2. The number of aromatic nitrogens is 3. The van der Waals surface area contributed by atoms with E-state index in [4.69, 9.17) is 28.8 Å². The number of methoxy groups -OCH3 is 1. The van der Waals surface area contributed by atoms with Crippen LogP contribution in [0.3, 0.4) is 0 Å². The Morgan fingerprint density at radius 2 is 1.66 bits per heavy atom. The molecule has 2 amide bonds. The van der Waals surface area contributed by atoms with Crippen molar-refractivity contribution in [2.24, 2.45) is 17.8 Å². The lowest BCUT2D eigenvalue weighted by molar-refractivity contribution is -0.124. The number of aliphatic hydroxyl groups excluding tert-OH is 1. The predicted molar refractivity (Wildman–Crippen MR) is 188 cm³/mol. The monoisotopic (exact) mass is 685 g/mol. The zero-order valence-corrected chi connectivity index (χ0v) is 29.5. The van der Waals surface area contributed by atoms with Gasteiger partial charge in [-0.1, -0.05) is 0 Å². The summed E-state index contributed by atoms with van der Waals surface area (Å²) >= 11 is 0. The normalized spacial score (nSPS) is 24.5. The Morgan fingerprint density at radius 3 is 2.34 bits per heavy atom. The molecular formula is C39H51N5O6. The van der Waals surface area contributed by atoms with Gasteiger partial charge in [0.1, 0.15) is 29.6 Å². The highest BCUT2D eigenvalue weighted by molar-refractivity contribution is 5.94. The van der Waals surface area contributed by atoms with E-state index < -0.39 is 0 Å². The van der Waals surface area contributed by atoms with E-state index in [9.17, 15) is 14.7 Å². The fourth-order valence-electron chi connectivity index (χ4n) is 8.03. The first-order chi connectivity index (χ1) is 24.4. The third-order valence-electron chi connectivity index (χ3n) is 11.4. The van der Waals surface area contributed by atoms with Crippen LogP contribution in [0.4, 0.5) is 10.6 Å². The van der Waals surface area contributed by atoms with E-state index in [0.29, 0.717) is 68.9 Å². The first kappa shape index (κ1) is 34.5. The number of oxazole rings is 1. The van der Waals surface area contributed by atoms with Crippen molar-refractivity contribution in [3.8, 4) is 17.0 Å². The number of anilines is 1. The van der Waals surface area contributed by atoms with Crippen LogP contribution < -0.4 is 9.64 Å². The van der Waals surface area contributed by atoms with Crippen molar-refractivity contribution in [1.82, 2.24) is 19.9 Å². The molecule has 0 spiro atoms. The van der Waals surface area contributed by atoms with Crippen LogP contribution in [0.1, 0.15) is 106 Å². The summed E-state index contributed by atoms with van der Waals surface area (Å²) in [7, 11) is 1.68. The van der Waals surface area contributed by atoms with Crippen molar-refractivity contribution in [2.75, 3.05) is 38.3 Å². The zero-order valence-electron chi connectivity index (χ0n) is 29.5. The number of rotatable bonds is 10. The van der Waals surface area contributed by atoms with Gasteiger partial charge in [-0.05, 0) is 120 Å². The van der Waals surface area contributed by atoms with Crippen LogP contribution >= 0.6 is 0 Å². The van der Waals surface area contributed by atoms with E-state index in [-0.39, 0.29) is 36.5 Å². The number of nitrogens with zero attached hydrogens (tertiary/aromatic N) is 5. The molecule has 3 aromatic heterocycles. The number of aryl methyl sites for hydroxylation is 1. The summed E-state index contributed by atoms with van der Waals surface area (Å²) in [4.78, 5) is 45.3. The summed E-state index contributed by atoms with van der Waals surface area (Å²) in [6.07, 6.45) is 13.6. The molecule has 3 aromatic rings. The summed E-state index contributed by atoms with van der Waals surface area (Å²) in [6, 6.07) is 8.02. The highest BCUT2D eigenvalue weighted by Gasteiger charge is 2.35. The van der Waals surface area contributed by atoms with Crippen LogP contribution in [0, 0.1) is 24.7 Å². The largest absolute Gasteiger partial charge is 0.495 e. The van der Waals surface area contributed by atoms with Crippen molar-refractivity contribution in [3.05, 3.63) is 54.0 Å². The number of aliphatic hydroxyl groups is 1. The van der Waals surface area contributed by atoms with Gasteiger partial charge in [-0.2, -0.15) is 0 Å². The van der Waals surface area contributed by atoms with Gasteiger partial charge in [0.2, 0.25) is 5.91 Å². The zero-order chi connectivity index (χ0) is 34.6. The minimum Gasteiger partial charge on any atom is -0.495 e. The minimum absolute atomic E-state index is 0.0962. The molecule has 50 heavy (non-hydrogen) atoms. The summed E-state index contributed by atoms with van der Waals surface area (Å²) < 4.78 is 17.1. The quantitative estimate of drug-likeness (QED) is 0.239. The van der Waals surface area contributed by atoms with E-state index >= 15 is 0 Å². The highest BCUT2D eigenvalue weighted by atomic mass is 16.6. The molecule has 0 bridgehead atoms. The first-order valence-electron chi connectivity index (χ1n) is 18.7. The lowest BCUT2D eigenvalue weighted by Crippen LogP contribution is -2.44. The van der Waals surface area contributed by atoms with Crippen molar-refractivity contribution >= 4 is 17.8 Å². The van der Waals surface area contributed by atoms with Crippen molar-refractivity contribution < 1.29 is 28.6 Å². The second kappa shape index (κ2) is 15.5. The summed E-state index contributed by atoms with van der Waals surface area (Å²) in [5.41, 5.74) is 3.70. The Kier molecular flexibility index (Phi) is 10.7. The van der Waals surface area contributed by atoms with Crippen molar-refractivity contribution in [3.63, 3.8) is 0 Å². The van der Waals surface area contributed by atoms with Gasteiger partial charge in [-0.25, -0.2) is 14.8 Å². The lowest BCUT2D eigenvalue weighted by atomic mass is 9.79. The maximum absolute atomic E-state index is 14.4. The summed E-state index contributed by atoms with van der Waals surface area (Å²) in [5, 5.41) is 9.43. The van der Waals surface area contributed by atoms with Gasteiger partial charge in [-0.3, -0.25) is 14.7 Å². The number of hydrogen-bond donors (Lipinski definition) is 1. The topological polar surface area (TPSA) is 131 Å². The highest BCUT2D eigenvalue weighted by Crippen LogP contribution is 2.41. The number of amides is 2. The fourth-order valence-corrected chi connectivity index (χ4v) is 8.03. The van der Waals surface area contributed by atoms with E-state index in [2.05, 4.69) is 6.07 Å². The molecule has 11 heteroatoms. The van der Waals surface area contributed by atoms with Gasteiger partial charge in [0, 0.05) is 61.4 Å².